The standard InChI is InChI=1S/C80H91N15O19/c1-5-42(2)67-78(112)91-59(34-47-40-82-54-23-13-10-20-51(47)54)73(107)85-56(31-44-17-7-6-8-18-44)71(105)89-61(36-64(97)98)74(108)86-57(32-45-25-27-49(96)28-26-45)70(104)87-58(33-46-39-81-53-22-12-9-19-50(46)53)72(106)90-62(37-65(99)100)75(109)88-60(35-48-41-83-55-24-14-11-21-52(48)55)76(110)93-68(80(114)95-29-15-16-30-95)79(113)94(4)43(3)69(103)84-63(38-66(101)102)77(111)92-67/h6-14,17-28,39-43,56-63,67-68,81-83,96H,5,15-16,29-38H2,1-4H3,(H,84,103)(H,85,107)(H,86,108)(H,87,104)(H,88,109)(H,89,105)(H,90,106)(H,91,112)(H,92,111)(H,93,110)(H,97,98)(H,99,100)(H,101,102)/t42-,43-,56-,57-,58-,59-,60-,61-,62-,63-,67-,68-/m0/s1. The highest BCUT2D eigenvalue weighted by Crippen LogP contribution is 2.25. The van der Waals surface area contributed by atoms with Gasteiger partial charge in [-0.2, -0.15) is 0 Å². The molecule has 2 saturated heterocycles. The maximum absolute atomic E-state index is 15.3. The number of benzene rings is 5. The van der Waals surface area contributed by atoms with Crippen molar-refractivity contribution in [2.45, 2.75) is 158 Å². The zero-order chi connectivity index (χ0) is 82.0. The zero-order valence-corrected chi connectivity index (χ0v) is 62.8. The smallest absolute Gasteiger partial charge is 0.305 e. The number of para-hydroxylation sites is 3. The van der Waals surface area contributed by atoms with Crippen molar-refractivity contribution in [3.05, 3.63) is 174 Å². The molecule has 34 heteroatoms. The molecule has 3 aromatic heterocycles. The van der Waals surface area contributed by atoms with Crippen LogP contribution in [0.5, 0.6) is 5.75 Å². The minimum absolute atomic E-state index is 0.111. The molecule has 600 valence electrons. The number of likely N-dealkylation sites (N-methyl/N-ethyl adjacent to an activating group) is 1. The number of carbonyl (C=O) groups is 15. The molecular formula is C80H91N15O19. The fourth-order valence-corrected chi connectivity index (χ4v) is 13.8. The molecule has 2 aliphatic rings. The second kappa shape index (κ2) is 38.0. The maximum atomic E-state index is 15.3. The molecule has 5 aromatic carbocycles. The highest BCUT2D eigenvalue weighted by atomic mass is 16.4. The first-order chi connectivity index (χ1) is 54.5. The molecule has 114 heavy (non-hydrogen) atoms. The number of carbonyl (C=O) groups excluding carboxylic acids is 12. The Hall–Kier alpha value is -13.4. The highest BCUT2D eigenvalue weighted by molar-refractivity contribution is 6.09. The third-order valence-electron chi connectivity index (χ3n) is 20.5. The number of carboxylic acids is 3. The fourth-order valence-electron chi connectivity index (χ4n) is 13.8. The van der Waals surface area contributed by atoms with Crippen LogP contribution in [-0.4, -0.2) is 221 Å². The summed E-state index contributed by atoms with van der Waals surface area (Å²) in [5.74, 6) is -20.0. The van der Waals surface area contributed by atoms with Gasteiger partial charge in [-0.15, -0.1) is 0 Å². The molecule has 0 aliphatic carbocycles. The Morgan fingerprint density at radius 1 is 0.404 bits per heavy atom. The Bertz CT molecular complexity index is 4920. The molecule has 2 aliphatic heterocycles. The minimum atomic E-state index is -2.19. The fraction of sp³-hybridized carbons (Fsp3) is 0.362. The zero-order valence-electron chi connectivity index (χ0n) is 62.8. The summed E-state index contributed by atoms with van der Waals surface area (Å²) in [6.07, 6.45) is 0.234. The van der Waals surface area contributed by atoms with Crippen molar-refractivity contribution in [1.82, 2.24) is 77.9 Å². The first-order valence-electron chi connectivity index (χ1n) is 37.2. The third-order valence-corrected chi connectivity index (χ3v) is 20.5. The lowest BCUT2D eigenvalue weighted by Gasteiger charge is -2.32. The summed E-state index contributed by atoms with van der Waals surface area (Å²) in [4.78, 5) is 231. The molecule has 0 spiro atoms. The van der Waals surface area contributed by atoms with Gasteiger partial charge in [-0.3, -0.25) is 71.9 Å². The second-order valence-corrected chi connectivity index (χ2v) is 28.5. The van der Waals surface area contributed by atoms with Crippen LogP contribution in [0.2, 0.25) is 0 Å². The Kier molecular flexibility index (Phi) is 27.7. The number of hydrogen-bond donors (Lipinski definition) is 17. The van der Waals surface area contributed by atoms with E-state index in [1.165, 1.54) is 48.5 Å². The number of likely N-dealkylation sites (tertiary alicyclic amines) is 1. The first-order valence-corrected chi connectivity index (χ1v) is 37.2. The van der Waals surface area contributed by atoms with E-state index < -0.39 is 200 Å². The topological polar surface area (TPSA) is 511 Å². The van der Waals surface area contributed by atoms with Gasteiger partial charge in [0.25, 0.3) is 11.8 Å². The average molecular weight is 1570 g/mol. The van der Waals surface area contributed by atoms with E-state index in [4.69, 9.17) is 0 Å². The summed E-state index contributed by atoms with van der Waals surface area (Å²) >= 11 is 0. The maximum Gasteiger partial charge on any atom is 0.305 e. The lowest BCUT2D eigenvalue weighted by molar-refractivity contribution is -0.149. The number of amides is 12. The summed E-state index contributed by atoms with van der Waals surface area (Å²) in [6.45, 7) is 4.62. The Balaban J connectivity index is 1.08. The molecule has 0 unspecified atom stereocenters. The van der Waals surface area contributed by atoms with Crippen LogP contribution in [0.15, 0.2) is 146 Å². The van der Waals surface area contributed by atoms with E-state index in [9.17, 15) is 49.2 Å². The van der Waals surface area contributed by atoms with E-state index in [0.717, 1.165) is 11.9 Å². The molecular weight excluding hydrogens is 1470 g/mol. The van der Waals surface area contributed by atoms with Crippen molar-refractivity contribution in [3.63, 3.8) is 0 Å². The quantitative estimate of drug-likeness (QED) is 0.0505. The van der Waals surface area contributed by atoms with Gasteiger partial charge in [0, 0.05) is 104 Å². The monoisotopic (exact) mass is 1570 g/mol. The predicted octanol–water partition coefficient (Wildman–Crippen LogP) is 1.15. The normalized spacial score (nSPS) is 23.1. The number of H-pyrrole nitrogens is 3. The summed E-state index contributed by atoms with van der Waals surface area (Å²) in [7, 11) is 1.09. The molecule has 2 fully saturated rings. The van der Waals surface area contributed by atoms with E-state index in [1.807, 2.05) is 0 Å². The van der Waals surface area contributed by atoms with Gasteiger partial charge < -0.3 is 98.3 Å². The molecule has 8 aromatic rings. The van der Waals surface area contributed by atoms with Crippen molar-refractivity contribution < 1.29 is 92.3 Å². The number of phenols is 1. The van der Waals surface area contributed by atoms with Gasteiger partial charge >= 0.3 is 17.9 Å². The lowest BCUT2D eigenvalue weighted by Crippen LogP contribution is -2.63. The van der Waals surface area contributed by atoms with Crippen molar-refractivity contribution in [2.75, 3.05) is 20.1 Å². The largest absolute Gasteiger partial charge is 0.508 e. The van der Waals surface area contributed by atoms with Gasteiger partial charge in [0.05, 0.1) is 19.3 Å². The predicted molar refractivity (Wildman–Crippen MR) is 412 cm³/mol. The van der Waals surface area contributed by atoms with E-state index >= 15 is 43.2 Å². The summed E-state index contributed by atoms with van der Waals surface area (Å²) in [5, 5.41) is 68.5. The van der Waals surface area contributed by atoms with Gasteiger partial charge in [0.1, 0.15) is 66.2 Å². The van der Waals surface area contributed by atoms with Crippen LogP contribution in [0.25, 0.3) is 32.7 Å². The molecule has 17 N–H and O–H groups in total. The second-order valence-electron chi connectivity index (χ2n) is 28.5. The summed E-state index contributed by atoms with van der Waals surface area (Å²) in [6, 6.07) is 13.4. The lowest BCUT2D eigenvalue weighted by atomic mass is 9.96. The van der Waals surface area contributed by atoms with Crippen LogP contribution in [0.1, 0.15) is 87.1 Å². The van der Waals surface area contributed by atoms with Crippen molar-refractivity contribution in [1.29, 1.82) is 0 Å². The Labute approximate surface area is 652 Å². The van der Waals surface area contributed by atoms with Crippen molar-refractivity contribution >= 4 is 122 Å². The number of nitrogens with one attached hydrogen (secondary N) is 13. The summed E-state index contributed by atoms with van der Waals surface area (Å²) in [5.41, 5.74) is 3.64. The first kappa shape index (κ1) is 83.1. The minimum Gasteiger partial charge on any atom is -0.508 e. The van der Waals surface area contributed by atoms with Crippen LogP contribution in [0, 0.1) is 5.92 Å². The molecule has 12 amide bonds. The molecule has 0 bridgehead atoms. The van der Waals surface area contributed by atoms with E-state index in [-0.39, 0.29) is 43.7 Å². The summed E-state index contributed by atoms with van der Waals surface area (Å²) < 4.78 is 0. The molecule has 5 heterocycles. The number of hydrogen-bond acceptors (Lipinski definition) is 16. The molecule has 12 atom stereocenters. The van der Waals surface area contributed by atoms with Crippen molar-refractivity contribution in [3.8, 4) is 5.75 Å². The molecule has 0 saturated carbocycles. The van der Waals surface area contributed by atoms with Gasteiger partial charge in [-0.05, 0) is 83.8 Å². The number of rotatable bonds is 19. The van der Waals surface area contributed by atoms with Crippen LogP contribution in [-0.2, 0) is 104 Å². The van der Waals surface area contributed by atoms with Gasteiger partial charge in [-0.25, -0.2) is 0 Å². The Morgan fingerprint density at radius 2 is 0.728 bits per heavy atom. The SMILES string of the molecule is CC[C@H](C)[C@@H]1NC(=O)[C@H](CC(=O)O)NC(=O)[C@H](C)N(C)C(=O)[C@@H](C(=O)N2CCCC2)NC(=O)[C@H](Cc2c[nH]c3ccccc23)NC(=O)[C@H](CC(=O)O)NC(=O)[C@H](Cc2c[nH]c3ccccc23)NC(=O)[C@H](Cc2ccc(O)cc2)NC(=O)[C@H](CC(=O)O)NC(=O)[C@H](Cc2ccccc2)NC(=O)[C@H](Cc2c[nH]c3ccccc23)NC1=O. The number of phenolic OH excluding ortho intramolecular Hbond substituents is 1. The third kappa shape index (κ3) is 21.4. The number of fused-ring (bicyclic) bond motifs is 3. The van der Waals surface area contributed by atoms with Gasteiger partial charge in [0.15, 0.2) is 6.04 Å². The van der Waals surface area contributed by atoms with Crippen LogP contribution in [0.3, 0.4) is 0 Å². The van der Waals surface area contributed by atoms with E-state index in [0.29, 0.717) is 67.8 Å². The van der Waals surface area contributed by atoms with Crippen LogP contribution >= 0.6 is 0 Å². The number of aromatic nitrogens is 3. The molecule has 0 radical (unpaired) electrons. The van der Waals surface area contributed by atoms with Crippen LogP contribution in [0.4, 0.5) is 0 Å². The molecule has 10 rings (SSSR count). The number of carboxylic acid groups (broad SMARTS) is 3. The highest BCUT2D eigenvalue weighted by Gasteiger charge is 2.43. The number of aromatic hydroxyl groups is 1. The molecule has 34 nitrogen and oxygen atoms in total. The van der Waals surface area contributed by atoms with Gasteiger partial charge in [0.2, 0.25) is 59.1 Å². The number of aliphatic carboxylic acids is 3. The van der Waals surface area contributed by atoms with Crippen molar-refractivity contribution in [2.24, 2.45) is 5.92 Å². The van der Waals surface area contributed by atoms with Gasteiger partial charge in [-0.1, -0.05) is 117 Å². The Morgan fingerprint density at radius 3 is 1.12 bits per heavy atom. The number of nitrogens with zero attached hydrogens (tertiary/aromatic N) is 2. The number of aromatic amines is 3. The van der Waals surface area contributed by atoms with E-state index in [2.05, 4.69) is 68.1 Å². The van der Waals surface area contributed by atoms with E-state index in [1.54, 1.807) is 123 Å². The average Bonchev–Trinajstić information content (AvgIpc) is 1.31. The van der Waals surface area contributed by atoms with Crippen LogP contribution < -0.4 is 53.2 Å².